The first-order valence-corrected chi connectivity index (χ1v) is 7.17. The Kier molecular flexibility index (Phi) is 5.36. The molecule has 2 aromatic rings. The molecule has 0 bridgehead atoms. The number of alkyl halides is 3. The van der Waals surface area contributed by atoms with Crippen LogP contribution in [0.1, 0.15) is 10.4 Å². The van der Waals surface area contributed by atoms with Crippen molar-refractivity contribution in [2.45, 2.75) is 6.18 Å². The largest absolute Gasteiger partial charge is 0.471 e. The van der Waals surface area contributed by atoms with Gasteiger partial charge >= 0.3 is 12.1 Å². The fourth-order valence-electron chi connectivity index (χ4n) is 1.73. The monoisotopic (exact) mass is 376 g/mol. The fourth-order valence-corrected chi connectivity index (χ4v) is 2.02. The maximum absolute atomic E-state index is 12.3. The normalized spacial score (nSPS) is 11.0. The first kappa shape index (κ1) is 18.1. The highest BCUT2D eigenvalue weighted by molar-refractivity contribution is 6.42. The second-order valence-corrected chi connectivity index (χ2v) is 5.39. The first-order chi connectivity index (χ1) is 11.2. The van der Waals surface area contributed by atoms with Crippen molar-refractivity contribution in [1.82, 2.24) is 0 Å². The van der Waals surface area contributed by atoms with Gasteiger partial charge in [-0.05, 0) is 30.3 Å². The number of rotatable bonds is 3. The van der Waals surface area contributed by atoms with Crippen LogP contribution < -0.4 is 10.6 Å². The number of anilines is 2. The highest BCUT2D eigenvalue weighted by Crippen LogP contribution is 2.26. The number of amides is 2. The Morgan fingerprint density at radius 3 is 2.00 bits per heavy atom. The van der Waals surface area contributed by atoms with E-state index in [2.05, 4.69) is 5.32 Å². The number of hydrogen-bond acceptors (Lipinski definition) is 2. The van der Waals surface area contributed by atoms with Crippen molar-refractivity contribution in [3.05, 3.63) is 58.1 Å². The molecule has 126 valence electrons. The van der Waals surface area contributed by atoms with Crippen LogP contribution in [0.3, 0.4) is 0 Å². The predicted octanol–water partition coefficient (Wildman–Crippen LogP) is 4.75. The van der Waals surface area contributed by atoms with Gasteiger partial charge in [-0.2, -0.15) is 13.2 Å². The predicted molar refractivity (Wildman–Crippen MR) is 85.5 cm³/mol. The van der Waals surface area contributed by atoms with Gasteiger partial charge in [-0.1, -0.05) is 35.3 Å². The maximum Gasteiger partial charge on any atom is 0.471 e. The van der Waals surface area contributed by atoms with E-state index in [0.717, 1.165) is 0 Å². The van der Waals surface area contributed by atoms with E-state index in [9.17, 15) is 22.8 Å². The molecule has 0 aliphatic rings. The Hall–Kier alpha value is -2.25. The minimum absolute atomic E-state index is 0.00572. The molecule has 2 rings (SSSR count). The smallest absolute Gasteiger partial charge is 0.320 e. The zero-order valence-corrected chi connectivity index (χ0v) is 13.3. The van der Waals surface area contributed by atoms with Gasteiger partial charge in [-0.25, -0.2) is 0 Å². The summed E-state index contributed by atoms with van der Waals surface area (Å²) in [4.78, 5) is 23.2. The minimum atomic E-state index is -5.04. The fraction of sp³-hybridized carbons (Fsp3) is 0.0667. The van der Waals surface area contributed by atoms with E-state index in [1.165, 1.54) is 42.5 Å². The molecule has 0 aliphatic heterocycles. The minimum Gasteiger partial charge on any atom is -0.320 e. The van der Waals surface area contributed by atoms with E-state index in [0.29, 0.717) is 0 Å². The molecule has 2 N–H and O–H groups in total. The van der Waals surface area contributed by atoms with Crippen LogP contribution in [0.2, 0.25) is 10.0 Å². The maximum atomic E-state index is 12.3. The van der Waals surface area contributed by atoms with Crippen LogP contribution in [-0.4, -0.2) is 18.0 Å². The van der Waals surface area contributed by atoms with Gasteiger partial charge in [0.05, 0.1) is 21.4 Å². The second kappa shape index (κ2) is 7.11. The van der Waals surface area contributed by atoms with Crippen LogP contribution in [0, 0.1) is 0 Å². The van der Waals surface area contributed by atoms with E-state index in [1.807, 2.05) is 0 Å². The molecule has 0 spiro atoms. The van der Waals surface area contributed by atoms with E-state index in [-0.39, 0.29) is 27.0 Å². The summed E-state index contributed by atoms with van der Waals surface area (Å²) in [6.07, 6.45) is -5.04. The first-order valence-electron chi connectivity index (χ1n) is 6.42. The average Bonchev–Trinajstić information content (AvgIpc) is 2.50. The summed E-state index contributed by atoms with van der Waals surface area (Å²) in [5.74, 6) is -2.76. The summed E-state index contributed by atoms with van der Waals surface area (Å²) in [6, 6.07) is 9.62. The van der Waals surface area contributed by atoms with Gasteiger partial charge in [-0.15, -0.1) is 0 Å². The van der Waals surface area contributed by atoms with Gasteiger partial charge < -0.3 is 10.6 Å². The molecule has 0 fully saturated rings. The van der Waals surface area contributed by atoms with Crippen LogP contribution in [0.25, 0.3) is 0 Å². The third-order valence-electron chi connectivity index (χ3n) is 2.86. The Morgan fingerprint density at radius 1 is 0.875 bits per heavy atom. The summed E-state index contributed by atoms with van der Waals surface area (Å²) in [7, 11) is 0. The van der Waals surface area contributed by atoms with Crippen molar-refractivity contribution in [3.8, 4) is 0 Å². The van der Waals surface area contributed by atoms with Gasteiger partial charge in [0.1, 0.15) is 0 Å². The molecule has 2 amide bonds. The molecule has 24 heavy (non-hydrogen) atoms. The van der Waals surface area contributed by atoms with Gasteiger partial charge in [0.15, 0.2) is 0 Å². The summed E-state index contributed by atoms with van der Waals surface area (Å²) in [6.45, 7) is 0. The number of carbonyl (C=O) groups excluding carboxylic acids is 2. The summed E-state index contributed by atoms with van der Waals surface area (Å²) in [5, 5.41) is 4.52. The van der Waals surface area contributed by atoms with Crippen LogP contribution in [0.5, 0.6) is 0 Å². The molecular formula is C15H9Cl2F3N2O2. The quantitative estimate of drug-likeness (QED) is 0.812. The van der Waals surface area contributed by atoms with Gasteiger partial charge in [0.2, 0.25) is 0 Å². The summed E-state index contributed by atoms with van der Waals surface area (Å²) >= 11 is 11.6. The van der Waals surface area contributed by atoms with Crippen molar-refractivity contribution in [2.75, 3.05) is 10.6 Å². The Morgan fingerprint density at radius 2 is 1.46 bits per heavy atom. The lowest BCUT2D eigenvalue weighted by Gasteiger charge is -2.13. The van der Waals surface area contributed by atoms with Crippen LogP contribution >= 0.6 is 23.2 Å². The lowest BCUT2D eigenvalue weighted by atomic mass is 10.2. The van der Waals surface area contributed by atoms with E-state index in [4.69, 9.17) is 23.2 Å². The van der Waals surface area contributed by atoms with E-state index < -0.39 is 18.0 Å². The Labute approximate surface area is 144 Å². The van der Waals surface area contributed by atoms with Gasteiger partial charge in [0, 0.05) is 5.56 Å². The SMILES string of the molecule is O=C(Nc1ccccc1NC(=O)C(F)(F)F)c1ccc(Cl)c(Cl)c1. The van der Waals surface area contributed by atoms with Crippen molar-refractivity contribution < 1.29 is 22.8 Å². The summed E-state index contributed by atoms with van der Waals surface area (Å²) < 4.78 is 37.0. The average molecular weight is 377 g/mol. The highest BCUT2D eigenvalue weighted by Gasteiger charge is 2.39. The van der Waals surface area contributed by atoms with Crippen molar-refractivity contribution in [2.24, 2.45) is 0 Å². The lowest BCUT2D eigenvalue weighted by Crippen LogP contribution is -2.30. The number of carbonyl (C=O) groups is 2. The number of hydrogen-bond donors (Lipinski definition) is 2. The van der Waals surface area contributed by atoms with Crippen molar-refractivity contribution in [3.63, 3.8) is 0 Å². The van der Waals surface area contributed by atoms with E-state index in [1.54, 1.807) is 5.32 Å². The standard InChI is InChI=1S/C15H9Cl2F3N2O2/c16-9-6-5-8(7-10(9)17)13(23)21-11-3-1-2-4-12(11)22-14(24)15(18,19)20/h1-7H,(H,21,23)(H,22,24). The molecule has 0 aliphatic carbocycles. The molecule has 0 aromatic heterocycles. The van der Waals surface area contributed by atoms with E-state index >= 15 is 0 Å². The van der Waals surface area contributed by atoms with Crippen LogP contribution in [0.15, 0.2) is 42.5 Å². The molecule has 0 saturated carbocycles. The third-order valence-corrected chi connectivity index (χ3v) is 3.60. The number of halogens is 5. The summed E-state index contributed by atoms with van der Waals surface area (Å²) in [5.41, 5.74) is -0.0271. The lowest BCUT2D eigenvalue weighted by molar-refractivity contribution is -0.167. The molecule has 0 saturated heterocycles. The zero-order chi connectivity index (χ0) is 17.9. The topological polar surface area (TPSA) is 58.2 Å². The van der Waals surface area contributed by atoms with Crippen LogP contribution in [0.4, 0.5) is 24.5 Å². The third kappa shape index (κ3) is 4.39. The Balaban J connectivity index is 2.22. The number of para-hydroxylation sites is 2. The second-order valence-electron chi connectivity index (χ2n) is 4.58. The molecule has 0 radical (unpaired) electrons. The van der Waals surface area contributed by atoms with Crippen molar-refractivity contribution >= 4 is 46.4 Å². The molecule has 0 atom stereocenters. The molecular weight excluding hydrogens is 368 g/mol. The van der Waals surface area contributed by atoms with Gasteiger partial charge in [-0.3, -0.25) is 9.59 Å². The molecule has 2 aromatic carbocycles. The highest BCUT2D eigenvalue weighted by atomic mass is 35.5. The molecule has 9 heteroatoms. The molecule has 0 unspecified atom stereocenters. The van der Waals surface area contributed by atoms with Crippen LogP contribution in [-0.2, 0) is 4.79 Å². The van der Waals surface area contributed by atoms with Gasteiger partial charge in [0.25, 0.3) is 5.91 Å². The Bertz CT molecular complexity index is 795. The number of nitrogens with one attached hydrogen (secondary N) is 2. The number of benzene rings is 2. The molecule has 4 nitrogen and oxygen atoms in total. The van der Waals surface area contributed by atoms with Crippen molar-refractivity contribution in [1.29, 1.82) is 0 Å². The molecule has 0 heterocycles. The zero-order valence-electron chi connectivity index (χ0n) is 11.7.